The molecule has 3 heterocycles. The van der Waals surface area contributed by atoms with E-state index < -0.39 is 0 Å². The molecule has 3 aromatic rings. The number of urea groups is 1. The van der Waals surface area contributed by atoms with Crippen molar-refractivity contribution >= 4 is 11.7 Å². The number of aromatic nitrogens is 3. The highest BCUT2D eigenvalue weighted by atomic mass is 16.5. The van der Waals surface area contributed by atoms with Crippen LogP contribution >= 0.6 is 0 Å². The van der Waals surface area contributed by atoms with Gasteiger partial charge in [-0.05, 0) is 51.0 Å². The number of carbonyl (C=O) groups is 1. The number of pyridine rings is 1. The lowest BCUT2D eigenvalue weighted by Crippen LogP contribution is -2.41. The number of benzene rings is 1. The van der Waals surface area contributed by atoms with Gasteiger partial charge in [-0.2, -0.15) is 0 Å². The molecule has 1 aromatic carbocycles. The highest BCUT2D eigenvalue weighted by Crippen LogP contribution is 2.30. The number of para-hydroxylation sites is 2. The summed E-state index contributed by atoms with van der Waals surface area (Å²) in [6, 6.07) is 11.7. The largest absolute Gasteiger partial charge is 0.492 e. The van der Waals surface area contributed by atoms with Crippen molar-refractivity contribution in [3.8, 4) is 17.1 Å². The van der Waals surface area contributed by atoms with Crippen LogP contribution in [0.4, 0.5) is 10.5 Å². The third kappa shape index (κ3) is 4.15. The van der Waals surface area contributed by atoms with E-state index in [0.29, 0.717) is 37.2 Å². The van der Waals surface area contributed by atoms with Crippen LogP contribution in [-0.4, -0.2) is 45.2 Å². The van der Waals surface area contributed by atoms with Crippen LogP contribution < -0.4 is 10.1 Å². The number of amides is 2. The summed E-state index contributed by atoms with van der Waals surface area (Å²) in [6.45, 7) is 5.95. The number of likely N-dealkylation sites (tertiary alicyclic amines) is 1. The van der Waals surface area contributed by atoms with Crippen LogP contribution in [0, 0.1) is 6.92 Å². The van der Waals surface area contributed by atoms with Gasteiger partial charge in [-0.25, -0.2) is 9.78 Å². The molecule has 4 rings (SSSR count). The minimum absolute atomic E-state index is 0.0876. The first-order valence-electron chi connectivity index (χ1n) is 10.4. The fourth-order valence-electron chi connectivity index (χ4n) is 3.99. The molecule has 1 saturated heterocycles. The highest BCUT2D eigenvalue weighted by Gasteiger charge is 2.27. The molecule has 0 aliphatic carbocycles. The van der Waals surface area contributed by atoms with E-state index >= 15 is 0 Å². The number of aryl methyl sites for hydroxylation is 1. The second-order valence-corrected chi connectivity index (χ2v) is 7.41. The molecule has 1 fully saturated rings. The summed E-state index contributed by atoms with van der Waals surface area (Å²) in [6.07, 6.45) is 7.28. The van der Waals surface area contributed by atoms with E-state index in [4.69, 9.17) is 4.74 Å². The minimum atomic E-state index is -0.0876. The predicted molar refractivity (Wildman–Crippen MR) is 117 cm³/mol. The molecule has 7 heteroatoms. The number of nitrogens with zero attached hydrogens (tertiary/aromatic N) is 4. The summed E-state index contributed by atoms with van der Waals surface area (Å²) in [5, 5.41) is 3.00. The molecule has 0 bridgehead atoms. The lowest BCUT2D eigenvalue weighted by Gasteiger charge is -2.34. The normalized spacial score (nSPS) is 14.5. The van der Waals surface area contributed by atoms with Crippen LogP contribution in [0.5, 0.6) is 5.75 Å². The van der Waals surface area contributed by atoms with E-state index in [1.165, 1.54) is 0 Å². The summed E-state index contributed by atoms with van der Waals surface area (Å²) >= 11 is 0. The Labute approximate surface area is 176 Å². The summed E-state index contributed by atoms with van der Waals surface area (Å²) in [7, 11) is 0. The van der Waals surface area contributed by atoms with Crippen LogP contribution in [-0.2, 0) is 0 Å². The van der Waals surface area contributed by atoms with E-state index in [0.717, 1.165) is 29.9 Å². The van der Waals surface area contributed by atoms with Crippen molar-refractivity contribution in [3.05, 3.63) is 60.7 Å². The quantitative estimate of drug-likeness (QED) is 0.677. The number of ether oxygens (including phenoxy) is 1. The van der Waals surface area contributed by atoms with Crippen molar-refractivity contribution in [2.75, 3.05) is 25.0 Å². The van der Waals surface area contributed by atoms with Gasteiger partial charge in [0.05, 0.1) is 12.3 Å². The maximum atomic E-state index is 12.8. The van der Waals surface area contributed by atoms with Crippen LogP contribution in [0.15, 0.2) is 55.0 Å². The molecule has 0 saturated carbocycles. The maximum Gasteiger partial charge on any atom is 0.321 e. The Hall–Kier alpha value is -3.35. The fourth-order valence-corrected chi connectivity index (χ4v) is 3.99. The van der Waals surface area contributed by atoms with Gasteiger partial charge in [-0.3, -0.25) is 4.98 Å². The van der Waals surface area contributed by atoms with Crippen LogP contribution in [0.3, 0.4) is 0 Å². The molecular weight excluding hydrogens is 378 g/mol. The van der Waals surface area contributed by atoms with Gasteiger partial charge >= 0.3 is 6.03 Å². The van der Waals surface area contributed by atoms with Gasteiger partial charge in [-0.15, -0.1) is 0 Å². The van der Waals surface area contributed by atoms with Crippen molar-refractivity contribution in [2.24, 2.45) is 0 Å². The number of hydrogen-bond acceptors (Lipinski definition) is 4. The average molecular weight is 406 g/mol. The van der Waals surface area contributed by atoms with Crippen molar-refractivity contribution < 1.29 is 9.53 Å². The molecule has 0 spiro atoms. The fraction of sp³-hybridized carbons (Fsp3) is 0.348. The van der Waals surface area contributed by atoms with Gasteiger partial charge in [0.2, 0.25) is 0 Å². The molecule has 1 aliphatic heterocycles. The molecule has 0 unspecified atom stereocenters. The van der Waals surface area contributed by atoms with Gasteiger partial charge in [0.1, 0.15) is 11.6 Å². The first kappa shape index (κ1) is 19.9. The van der Waals surface area contributed by atoms with E-state index in [1.54, 1.807) is 6.20 Å². The molecule has 1 N–H and O–H groups in total. The SMILES string of the molecule is CCOc1ccccc1NC(=O)N1CCC(n2c(C)cnc2-c2cccnc2)CC1. The number of carbonyl (C=O) groups excluding carboxylic acids is 1. The summed E-state index contributed by atoms with van der Waals surface area (Å²) < 4.78 is 7.90. The Morgan fingerprint density at radius 1 is 1.17 bits per heavy atom. The van der Waals surface area contributed by atoms with Crippen molar-refractivity contribution in [3.63, 3.8) is 0 Å². The van der Waals surface area contributed by atoms with Gasteiger partial charge in [0.15, 0.2) is 0 Å². The molecule has 2 aromatic heterocycles. The number of rotatable bonds is 5. The Bertz CT molecular complexity index is 994. The second kappa shape index (κ2) is 8.98. The Morgan fingerprint density at radius 2 is 1.97 bits per heavy atom. The number of imidazole rings is 1. The standard InChI is InChI=1S/C23H27N5O2/c1-3-30-21-9-5-4-8-20(21)26-23(29)27-13-10-19(11-14-27)28-17(2)15-25-22(28)18-7-6-12-24-16-18/h4-9,12,15-16,19H,3,10-11,13-14H2,1-2H3,(H,26,29). The van der Waals surface area contributed by atoms with Crippen molar-refractivity contribution in [2.45, 2.75) is 32.7 Å². The van der Waals surface area contributed by atoms with E-state index in [9.17, 15) is 4.79 Å². The molecule has 30 heavy (non-hydrogen) atoms. The van der Waals surface area contributed by atoms with E-state index in [1.807, 2.05) is 60.6 Å². The lowest BCUT2D eigenvalue weighted by molar-refractivity contribution is 0.183. The summed E-state index contributed by atoms with van der Waals surface area (Å²) in [4.78, 5) is 23.5. The predicted octanol–water partition coefficient (Wildman–Crippen LogP) is 4.52. The van der Waals surface area contributed by atoms with Gasteiger partial charge in [0, 0.05) is 49.0 Å². The number of piperidine rings is 1. The molecular formula is C23H27N5O2. The molecule has 0 radical (unpaired) electrons. The third-order valence-corrected chi connectivity index (χ3v) is 5.45. The number of nitrogens with one attached hydrogen (secondary N) is 1. The zero-order chi connectivity index (χ0) is 20.9. The Morgan fingerprint density at radius 3 is 2.70 bits per heavy atom. The monoisotopic (exact) mass is 405 g/mol. The minimum Gasteiger partial charge on any atom is -0.492 e. The topological polar surface area (TPSA) is 72.3 Å². The first-order chi connectivity index (χ1) is 14.7. The molecule has 7 nitrogen and oxygen atoms in total. The lowest BCUT2D eigenvalue weighted by atomic mass is 10.0. The van der Waals surface area contributed by atoms with E-state index in [2.05, 4.69) is 26.8 Å². The zero-order valence-corrected chi connectivity index (χ0v) is 17.4. The van der Waals surface area contributed by atoms with Gasteiger partial charge < -0.3 is 19.5 Å². The third-order valence-electron chi connectivity index (χ3n) is 5.45. The van der Waals surface area contributed by atoms with Crippen LogP contribution in [0.2, 0.25) is 0 Å². The smallest absolute Gasteiger partial charge is 0.321 e. The van der Waals surface area contributed by atoms with E-state index in [-0.39, 0.29) is 6.03 Å². The first-order valence-corrected chi connectivity index (χ1v) is 10.4. The van der Waals surface area contributed by atoms with Gasteiger partial charge in [-0.1, -0.05) is 12.1 Å². The molecule has 1 aliphatic rings. The Kier molecular flexibility index (Phi) is 5.97. The second-order valence-electron chi connectivity index (χ2n) is 7.41. The number of anilines is 1. The average Bonchev–Trinajstić information content (AvgIpc) is 3.17. The molecule has 2 amide bonds. The van der Waals surface area contributed by atoms with Crippen molar-refractivity contribution in [1.29, 1.82) is 0 Å². The Balaban J connectivity index is 1.43. The van der Waals surface area contributed by atoms with Crippen LogP contribution in [0.1, 0.15) is 31.5 Å². The number of hydrogen-bond donors (Lipinski definition) is 1. The molecule has 156 valence electrons. The highest BCUT2D eigenvalue weighted by molar-refractivity contribution is 5.91. The summed E-state index contributed by atoms with van der Waals surface area (Å²) in [5.74, 6) is 1.63. The van der Waals surface area contributed by atoms with Crippen molar-refractivity contribution in [1.82, 2.24) is 19.4 Å². The summed E-state index contributed by atoms with van der Waals surface area (Å²) in [5.41, 5.74) is 2.84. The zero-order valence-electron chi connectivity index (χ0n) is 17.4. The molecule has 0 atom stereocenters. The van der Waals surface area contributed by atoms with Crippen LogP contribution in [0.25, 0.3) is 11.4 Å². The maximum absolute atomic E-state index is 12.8. The van der Waals surface area contributed by atoms with Gasteiger partial charge in [0.25, 0.3) is 0 Å².